The number of rotatable bonds is 6. The molecule has 1 amide bonds. The first-order valence-electron chi connectivity index (χ1n) is 6.93. The van der Waals surface area contributed by atoms with E-state index in [4.69, 9.17) is 0 Å². The first-order valence-corrected chi connectivity index (χ1v) is 8.96. The Balaban J connectivity index is 1.81. The second-order valence-corrected chi connectivity index (χ2v) is 7.00. The third kappa shape index (κ3) is 5.58. The van der Waals surface area contributed by atoms with Crippen molar-refractivity contribution in [3.8, 4) is 0 Å². The van der Waals surface area contributed by atoms with Crippen LogP contribution in [0.2, 0.25) is 0 Å². The van der Waals surface area contributed by atoms with Gasteiger partial charge in [0.25, 0.3) is 0 Å². The Bertz CT molecular complexity index is 624. The number of nitrogens with one attached hydrogen (secondary N) is 1. The highest BCUT2D eigenvalue weighted by Crippen LogP contribution is 2.29. The van der Waals surface area contributed by atoms with E-state index in [-0.39, 0.29) is 11.9 Å². The summed E-state index contributed by atoms with van der Waals surface area (Å²) in [4.78, 5) is 13.1. The molecule has 0 saturated heterocycles. The molecular formula is C16H16F3NOS2. The molecule has 1 atom stereocenters. The topological polar surface area (TPSA) is 29.1 Å². The molecule has 0 unspecified atom stereocenters. The number of alkyl halides is 3. The van der Waals surface area contributed by atoms with Crippen LogP contribution in [0.25, 0.3) is 0 Å². The van der Waals surface area contributed by atoms with Gasteiger partial charge in [-0.05, 0) is 36.1 Å². The summed E-state index contributed by atoms with van der Waals surface area (Å²) in [5.41, 5.74) is -0.0408. The van der Waals surface area contributed by atoms with E-state index in [0.717, 1.165) is 17.9 Å². The molecule has 2 rings (SSSR count). The van der Waals surface area contributed by atoms with Crippen LogP contribution in [0.3, 0.4) is 0 Å². The Morgan fingerprint density at radius 2 is 1.96 bits per heavy atom. The van der Waals surface area contributed by atoms with Crippen molar-refractivity contribution in [1.29, 1.82) is 0 Å². The lowest BCUT2D eigenvalue weighted by Gasteiger charge is -2.15. The number of amides is 1. The van der Waals surface area contributed by atoms with Crippen LogP contribution >= 0.6 is 23.1 Å². The minimum Gasteiger partial charge on any atom is -0.349 e. The van der Waals surface area contributed by atoms with Gasteiger partial charge in [0.05, 0.1) is 17.4 Å². The van der Waals surface area contributed by atoms with Gasteiger partial charge < -0.3 is 5.32 Å². The van der Waals surface area contributed by atoms with E-state index in [0.29, 0.717) is 11.3 Å². The fourth-order valence-electron chi connectivity index (χ4n) is 1.97. The van der Waals surface area contributed by atoms with Crippen molar-refractivity contribution < 1.29 is 18.0 Å². The summed E-state index contributed by atoms with van der Waals surface area (Å²) in [5, 5.41) is 4.79. The summed E-state index contributed by atoms with van der Waals surface area (Å²) in [6.45, 7) is 1.75. The number of hydrogen-bond donors (Lipinski definition) is 1. The van der Waals surface area contributed by atoms with Crippen molar-refractivity contribution in [2.75, 3.05) is 5.75 Å². The van der Waals surface area contributed by atoms with Gasteiger partial charge in [-0.1, -0.05) is 18.2 Å². The van der Waals surface area contributed by atoms with Crippen LogP contribution in [0.5, 0.6) is 0 Å². The first-order chi connectivity index (χ1) is 10.9. The van der Waals surface area contributed by atoms with Crippen molar-refractivity contribution in [2.45, 2.75) is 24.9 Å². The monoisotopic (exact) mass is 359 g/mol. The summed E-state index contributed by atoms with van der Waals surface area (Å²) in [6, 6.07) is 8.51. The number of thiophene rings is 1. The quantitative estimate of drug-likeness (QED) is 0.797. The number of benzene rings is 1. The molecule has 0 bridgehead atoms. The Labute approximate surface area is 141 Å². The second-order valence-electron chi connectivity index (χ2n) is 4.98. The highest BCUT2D eigenvalue weighted by Gasteiger charge is 2.30. The first kappa shape index (κ1) is 17.9. The average Bonchev–Trinajstić information content (AvgIpc) is 2.99. The molecule has 0 saturated carbocycles. The highest BCUT2D eigenvalue weighted by atomic mass is 32.2. The van der Waals surface area contributed by atoms with Crippen molar-refractivity contribution in [1.82, 2.24) is 5.32 Å². The van der Waals surface area contributed by atoms with E-state index >= 15 is 0 Å². The summed E-state index contributed by atoms with van der Waals surface area (Å²) >= 11 is 3.16. The lowest BCUT2D eigenvalue weighted by atomic mass is 10.1. The third-order valence-corrected chi connectivity index (χ3v) is 5.21. The van der Waals surface area contributed by atoms with Gasteiger partial charge in [0.1, 0.15) is 0 Å². The SMILES string of the molecule is C[C@@H](NC(=O)CSCc1cccs1)c1ccc(C(F)(F)F)cc1. The molecule has 1 aromatic heterocycles. The van der Waals surface area contributed by atoms with Crippen LogP contribution in [-0.4, -0.2) is 11.7 Å². The van der Waals surface area contributed by atoms with Gasteiger partial charge in [-0.2, -0.15) is 13.2 Å². The molecule has 2 nitrogen and oxygen atoms in total. The molecule has 0 aliphatic carbocycles. The molecule has 2 aromatic rings. The predicted octanol–water partition coefficient (Wildman–Crippen LogP) is 4.88. The number of hydrogen-bond acceptors (Lipinski definition) is 3. The van der Waals surface area contributed by atoms with E-state index in [1.54, 1.807) is 18.3 Å². The normalized spacial score (nSPS) is 12.9. The molecule has 1 heterocycles. The molecular weight excluding hydrogens is 343 g/mol. The Hall–Kier alpha value is -1.47. The maximum absolute atomic E-state index is 12.5. The van der Waals surface area contributed by atoms with E-state index < -0.39 is 11.7 Å². The van der Waals surface area contributed by atoms with Crippen molar-refractivity contribution >= 4 is 29.0 Å². The lowest BCUT2D eigenvalue weighted by Crippen LogP contribution is -2.28. The summed E-state index contributed by atoms with van der Waals surface area (Å²) < 4.78 is 37.5. The van der Waals surface area contributed by atoms with Gasteiger partial charge in [0.15, 0.2) is 0 Å². The molecule has 7 heteroatoms. The van der Waals surface area contributed by atoms with Gasteiger partial charge >= 0.3 is 6.18 Å². The zero-order valence-corrected chi connectivity index (χ0v) is 14.0. The van der Waals surface area contributed by atoms with Crippen LogP contribution in [0.4, 0.5) is 13.2 Å². The number of thioether (sulfide) groups is 1. The van der Waals surface area contributed by atoms with Crippen molar-refractivity contribution in [3.63, 3.8) is 0 Å². The van der Waals surface area contributed by atoms with Gasteiger partial charge in [-0.3, -0.25) is 4.79 Å². The largest absolute Gasteiger partial charge is 0.416 e. The van der Waals surface area contributed by atoms with Gasteiger partial charge in [0, 0.05) is 10.6 Å². The molecule has 0 radical (unpaired) electrons. The lowest BCUT2D eigenvalue weighted by molar-refractivity contribution is -0.137. The average molecular weight is 359 g/mol. The minimum absolute atomic E-state index is 0.126. The van der Waals surface area contributed by atoms with Crippen LogP contribution in [0.1, 0.15) is 29.0 Å². The molecule has 1 N–H and O–H groups in total. The fraction of sp³-hybridized carbons (Fsp3) is 0.312. The van der Waals surface area contributed by atoms with E-state index in [9.17, 15) is 18.0 Å². The van der Waals surface area contributed by atoms with Crippen LogP contribution in [-0.2, 0) is 16.7 Å². The molecule has 0 aliphatic heterocycles. The number of halogens is 3. The Morgan fingerprint density at radius 3 is 2.52 bits per heavy atom. The predicted molar refractivity (Wildman–Crippen MR) is 88.5 cm³/mol. The van der Waals surface area contributed by atoms with Gasteiger partial charge in [0.2, 0.25) is 5.91 Å². The number of carbonyl (C=O) groups excluding carboxylic acids is 1. The molecule has 124 valence electrons. The molecule has 0 aliphatic rings. The zero-order valence-electron chi connectivity index (χ0n) is 12.4. The van der Waals surface area contributed by atoms with Crippen LogP contribution in [0.15, 0.2) is 41.8 Å². The highest BCUT2D eigenvalue weighted by molar-refractivity contribution is 7.99. The van der Waals surface area contributed by atoms with Crippen molar-refractivity contribution in [3.05, 3.63) is 57.8 Å². The Kier molecular flexibility index (Phi) is 6.12. The molecule has 0 fully saturated rings. The van der Waals surface area contributed by atoms with E-state index in [2.05, 4.69) is 5.32 Å². The maximum Gasteiger partial charge on any atom is 0.416 e. The van der Waals surface area contributed by atoms with Crippen LogP contribution < -0.4 is 5.32 Å². The molecule has 1 aromatic carbocycles. The van der Waals surface area contributed by atoms with E-state index in [1.807, 2.05) is 17.5 Å². The Morgan fingerprint density at radius 1 is 1.26 bits per heavy atom. The molecule has 23 heavy (non-hydrogen) atoms. The van der Waals surface area contributed by atoms with Gasteiger partial charge in [-0.15, -0.1) is 23.1 Å². The maximum atomic E-state index is 12.5. The zero-order chi connectivity index (χ0) is 16.9. The summed E-state index contributed by atoms with van der Waals surface area (Å²) in [6.07, 6.45) is -4.34. The molecule has 0 spiro atoms. The minimum atomic E-state index is -4.34. The smallest absolute Gasteiger partial charge is 0.349 e. The number of carbonyl (C=O) groups is 1. The standard InChI is InChI=1S/C16H16F3NOS2/c1-11(12-4-6-13(7-5-12)16(17,18)19)20-15(21)10-22-9-14-3-2-8-23-14/h2-8,11H,9-10H2,1H3,(H,20,21)/t11-/m1/s1. The van der Waals surface area contributed by atoms with Crippen molar-refractivity contribution in [2.24, 2.45) is 0 Å². The fourth-order valence-corrected chi connectivity index (χ4v) is 3.65. The summed E-state index contributed by atoms with van der Waals surface area (Å²) in [5.74, 6) is 0.974. The van der Waals surface area contributed by atoms with Gasteiger partial charge in [-0.25, -0.2) is 0 Å². The van der Waals surface area contributed by atoms with E-state index in [1.165, 1.54) is 28.8 Å². The summed E-state index contributed by atoms with van der Waals surface area (Å²) in [7, 11) is 0. The van der Waals surface area contributed by atoms with Crippen LogP contribution in [0, 0.1) is 0 Å². The second kappa shape index (κ2) is 7.88. The third-order valence-electron chi connectivity index (χ3n) is 3.17.